The van der Waals surface area contributed by atoms with Crippen LogP contribution in [0.25, 0.3) is 0 Å². The third-order valence-electron chi connectivity index (χ3n) is 3.38. The monoisotopic (exact) mass is 349 g/mol. The molecule has 3 nitrogen and oxygen atoms in total. The first kappa shape index (κ1) is 15.9. The lowest BCUT2D eigenvalue weighted by Crippen LogP contribution is -2.31. The fourth-order valence-electron chi connectivity index (χ4n) is 2.07. The number of ether oxygens (including phenoxy) is 2. The van der Waals surface area contributed by atoms with Crippen molar-refractivity contribution in [1.29, 1.82) is 0 Å². The van der Waals surface area contributed by atoms with Crippen molar-refractivity contribution in [3.8, 4) is 11.5 Å². The largest absolute Gasteiger partial charge is 0.497 e. The predicted molar refractivity (Wildman–Crippen MR) is 88.8 cm³/mol. The highest BCUT2D eigenvalue weighted by molar-refractivity contribution is 9.10. The summed E-state index contributed by atoms with van der Waals surface area (Å²) in [5.74, 6) is 1.63. The fraction of sp³-hybridized carbons (Fsp3) is 0.294. The molecule has 0 spiro atoms. The fourth-order valence-corrected chi connectivity index (χ4v) is 2.33. The molecule has 0 aliphatic carbocycles. The van der Waals surface area contributed by atoms with E-state index in [2.05, 4.69) is 22.9 Å². The average molecular weight is 350 g/mol. The standard InChI is InChI=1S/C17H20BrNO2/c1-3-16(19)17(12-4-8-14(20-2)9-5-12)21-15-10-6-13(18)7-11-15/h4-11,16-17H,3,19H2,1-2H3. The summed E-state index contributed by atoms with van der Waals surface area (Å²) in [5, 5.41) is 0. The second kappa shape index (κ2) is 7.48. The minimum absolute atomic E-state index is 0.0676. The Kier molecular flexibility index (Phi) is 5.65. The van der Waals surface area contributed by atoms with Crippen LogP contribution < -0.4 is 15.2 Å². The molecule has 2 rings (SSSR count). The van der Waals surface area contributed by atoms with Crippen LogP contribution in [0, 0.1) is 0 Å². The maximum absolute atomic E-state index is 6.23. The van der Waals surface area contributed by atoms with E-state index in [1.165, 1.54) is 0 Å². The number of nitrogens with two attached hydrogens (primary N) is 1. The van der Waals surface area contributed by atoms with Crippen molar-refractivity contribution in [3.05, 3.63) is 58.6 Å². The Morgan fingerprint density at radius 1 is 1.00 bits per heavy atom. The van der Waals surface area contributed by atoms with Crippen molar-refractivity contribution in [2.75, 3.05) is 7.11 Å². The van der Waals surface area contributed by atoms with Crippen molar-refractivity contribution in [2.45, 2.75) is 25.5 Å². The molecular weight excluding hydrogens is 330 g/mol. The molecule has 0 aliphatic rings. The summed E-state index contributed by atoms with van der Waals surface area (Å²) in [7, 11) is 1.66. The maximum Gasteiger partial charge on any atom is 0.139 e. The van der Waals surface area contributed by atoms with Crippen LogP contribution in [-0.4, -0.2) is 13.2 Å². The lowest BCUT2D eigenvalue weighted by atomic mass is 10.0. The van der Waals surface area contributed by atoms with Crippen LogP contribution in [0.4, 0.5) is 0 Å². The zero-order valence-corrected chi connectivity index (χ0v) is 13.8. The number of hydrogen-bond donors (Lipinski definition) is 1. The molecule has 2 atom stereocenters. The average Bonchev–Trinajstić information content (AvgIpc) is 2.54. The van der Waals surface area contributed by atoms with Crippen molar-refractivity contribution in [3.63, 3.8) is 0 Å². The first-order chi connectivity index (χ1) is 10.1. The van der Waals surface area contributed by atoms with Gasteiger partial charge < -0.3 is 15.2 Å². The van der Waals surface area contributed by atoms with E-state index < -0.39 is 0 Å². The second-order valence-corrected chi connectivity index (χ2v) is 5.75. The molecule has 0 aromatic heterocycles. The highest BCUT2D eigenvalue weighted by atomic mass is 79.9. The van der Waals surface area contributed by atoms with Gasteiger partial charge in [-0.1, -0.05) is 35.0 Å². The van der Waals surface area contributed by atoms with Gasteiger partial charge in [0.05, 0.1) is 7.11 Å². The second-order valence-electron chi connectivity index (χ2n) is 4.84. The molecule has 0 heterocycles. The highest BCUT2D eigenvalue weighted by Gasteiger charge is 2.20. The van der Waals surface area contributed by atoms with Gasteiger partial charge in [-0.2, -0.15) is 0 Å². The van der Waals surface area contributed by atoms with E-state index in [0.29, 0.717) is 0 Å². The molecule has 2 unspecified atom stereocenters. The molecular formula is C17H20BrNO2. The topological polar surface area (TPSA) is 44.5 Å². The van der Waals surface area contributed by atoms with Gasteiger partial charge in [0.15, 0.2) is 0 Å². The van der Waals surface area contributed by atoms with Crippen molar-refractivity contribution in [2.24, 2.45) is 5.73 Å². The van der Waals surface area contributed by atoms with Crippen molar-refractivity contribution in [1.82, 2.24) is 0 Å². The smallest absolute Gasteiger partial charge is 0.139 e. The molecule has 0 bridgehead atoms. The Hall–Kier alpha value is -1.52. The summed E-state index contributed by atoms with van der Waals surface area (Å²) >= 11 is 3.42. The van der Waals surface area contributed by atoms with E-state index >= 15 is 0 Å². The van der Waals surface area contributed by atoms with E-state index in [9.17, 15) is 0 Å². The molecule has 2 aromatic rings. The number of halogens is 1. The minimum Gasteiger partial charge on any atom is -0.497 e. The summed E-state index contributed by atoms with van der Waals surface area (Å²) in [5.41, 5.74) is 7.28. The van der Waals surface area contributed by atoms with Crippen LogP contribution in [0.5, 0.6) is 11.5 Å². The lowest BCUT2D eigenvalue weighted by molar-refractivity contribution is 0.171. The Balaban J connectivity index is 2.22. The van der Waals surface area contributed by atoms with Gasteiger partial charge in [-0.15, -0.1) is 0 Å². The highest BCUT2D eigenvalue weighted by Crippen LogP contribution is 2.27. The van der Waals surface area contributed by atoms with Crippen LogP contribution >= 0.6 is 15.9 Å². The van der Waals surface area contributed by atoms with Gasteiger partial charge >= 0.3 is 0 Å². The third-order valence-corrected chi connectivity index (χ3v) is 3.91. The van der Waals surface area contributed by atoms with Crippen molar-refractivity contribution < 1.29 is 9.47 Å². The third kappa shape index (κ3) is 4.22. The Bertz CT molecular complexity index is 554. The molecule has 0 amide bonds. The molecule has 112 valence electrons. The molecule has 0 saturated heterocycles. The number of hydrogen-bond acceptors (Lipinski definition) is 3. The van der Waals surface area contributed by atoms with Gasteiger partial charge in [-0.05, 0) is 48.4 Å². The SMILES string of the molecule is CCC(N)C(Oc1ccc(Br)cc1)c1ccc(OC)cc1. The Morgan fingerprint density at radius 3 is 2.10 bits per heavy atom. The number of rotatable bonds is 6. The van der Waals surface area contributed by atoms with E-state index in [1.807, 2.05) is 48.5 Å². The van der Waals surface area contributed by atoms with Crippen LogP contribution in [0.3, 0.4) is 0 Å². The first-order valence-electron chi connectivity index (χ1n) is 6.95. The van der Waals surface area contributed by atoms with E-state index in [1.54, 1.807) is 7.11 Å². The van der Waals surface area contributed by atoms with Crippen molar-refractivity contribution >= 4 is 15.9 Å². The maximum atomic E-state index is 6.23. The van der Waals surface area contributed by atoms with Gasteiger partial charge in [0.25, 0.3) is 0 Å². The van der Waals surface area contributed by atoms with Crippen LogP contribution in [0.2, 0.25) is 0 Å². The summed E-state index contributed by atoms with van der Waals surface area (Å²) < 4.78 is 12.3. The lowest BCUT2D eigenvalue weighted by Gasteiger charge is -2.25. The minimum atomic E-state index is -0.179. The molecule has 0 fully saturated rings. The summed E-state index contributed by atoms with van der Waals surface area (Å²) in [6.07, 6.45) is 0.662. The van der Waals surface area contributed by atoms with Gasteiger partial charge in [0.2, 0.25) is 0 Å². The number of benzene rings is 2. The summed E-state index contributed by atoms with van der Waals surface area (Å²) in [6, 6.07) is 15.6. The van der Waals surface area contributed by atoms with Gasteiger partial charge in [-0.25, -0.2) is 0 Å². The van der Waals surface area contributed by atoms with Gasteiger partial charge in [0, 0.05) is 10.5 Å². The molecule has 0 saturated carbocycles. The van der Waals surface area contributed by atoms with Crippen LogP contribution in [0.15, 0.2) is 53.0 Å². The molecule has 2 N–H and O–H groups in total. The van der Waals surface area contributed by atoms with E-state index in [4.69, 9.17) is 15.2 Å². The summed E-state index contributed by atoms with van der Waals surface area (Å²) in [4.78, 5) is 0. The van der Waals surface area contributed by atoms with Crippen LogP contribution in [-0.2, 0) is 0 Å². The van der Waals surface area contributed by atoms with Gasteiger partial charge in [0.1, 0.15) is 17.6 Å². The zero-order valence-electron chi connectivity index (χ0n) is 12.3. The first-order valence-corrected chi connectivity index (χ1v) is 7.75. The Labute approximate surface area is 134 Å². The summed E-state index contributed by atoms with van der Waals surface area (Å²) in [6.45, 7) is 2.06. The molecule has 4 heteroatoms. The van der Waals surface area contributed by atoms with E-state index in [0.717, 1.165) is 28.0 Å². The molecule has 2 aromatic carbocycles. The van der Waals surface area contributed by atoms with E-state index in [-0.39, 0.29) is 12.1 Å². The molecule has 21 heavy (non-hydrogen) atoms. The molecule has 0 aliphatic heterocycles. The van der Waals surface area contributed by atoms with Gasteiger partial charge in [-0.3, -0.25) is 0 Å². The van der Waals surface area contributed by atoms with Crippen LogP contribution in [0.1, 0.15) is 25.0 Å². The quantitative estimate of drug-likeness (QED) is 0.844. The molecule has 0 radical (unpaired) electrons. The Morgan fingerprint density at radius 2 is 1.57 bits per heavy atom. The normalized spacial score (nSPS) is 13.5. The zero-order chi connectivity index (χ0) is 15.2. The number of methoxy groups -OCH3 is 1. The predicted octanol–water partition coefficient (Wildman–Crippen LogP) is 4.32.